The third-order valence-corrected chi connectivity index (χ3v) is 4.99. The largest absolute Gasteiger partial charge is 0.441 e. The smallest absolute Gasteiger partial charge is 0.325 e. The van der Waals surface area contributed by atoms with Gasteiger partial charge >= 0.3 is 6.03 Å². The lowest BCUT2D eigenvalue weighted by atomic mass is 9.92. The van der Waals surface area contributed by atoms with Crippen molar-refractivity contribution in [3.05, 3.63) is 77.2 Å². The van der Waals surface area contributed by atoms with Crippen molar-refractivity contribution in [2.75, 3.05) is 0 Å². The van der Waals surface area contributed by atoms with Crippen molar-refractivity contribution in [3.63, 3.8) is 0 Å². The molecule has 1 saturated heterocycles. The van der Waals surface area contributed by atoms with Gasteiger partial charge in [0.2, 0.25) is 5.89 Å². The third-order valence-electron chi connectivity index (χ3n) is 4.99. The molecule has 3 amide bonds. The van der Waals surface area contributed by atoms with Gasteiger partial charge in [0, 0.05) is 5.56 Å². The molecule has 2 aromatic carbocycles. The zero-order valence-electron chi connectivity index (χ0n) is 15.7. The monoisotopic (exact) mass is 397 g/mol. The normalized spacial score (nSPS) is 19.0. The van der Waals surface area contributed by atoms with E-state index in [1.54, 1.807) is 6.92 Å². The number of halogens is 2. The van der Waals surface area contributed by atoms with E-state index in [-0.39, 0.29) is 12.1 Å². The Morgan fingerprint density at radius 2 is 1.83 bits per heavy atom. The van der Waals surface area contributed by atoms with E-state index in [9.17, 15) is 18.4 Å². The van der Waals surface area contributed by atoms with E-state index < -0.39 is 29.1 Å². The van der Waals surface area contributed by atoms with Crippen LogP contribution in [-0.4, -0.2) is 21.8 Å². The highest BCUT2D eigenvalue weighted by Gasteiger charge is 2.49. The van der Waals surface area contributed by atoms with Gasteiger partial charge in [-0.3, -0.25) is 9.69 Å². The van der Waals surface area contributed by atoms with Crippen molar-refractivity contribution >= 4 is 11.9 Å². The lowest BCUT2D eigenvalue weighted by Crippen LogP contribution is -2.41. The molecule has 0 saturated carbocycles. The third kappa shape index (κ3) is 3.16. The van der Waals surface area contributed by atoms with E-state index in [4.69, 9.17) is 4.42 Å². The first-order valence-electron chi connectivity index (χ1n) is 8.91. The topological polar surface area (TPSA) is 75.4 Å². The fourth-order valence-corrected chi connectivity index (χ4v) is 3.27. The number of carbonyl (C=O) groups excluding carboxylic acids is 2. The van der Waals surface area contributed by atoms with Crippen molar-refractivity contribution < 1.29 is 22.8 Å². The van der Waals surface area contributed by atoms with Gasteiger partial charge in [0.05, 0.1) is 6.54 Å². The molecule has 0 bridgehead atoms. The van der Waals surface area contributed by atoms with E-state index >= 15 is 0 Å². The fourth-order valence-electron chi connectivity index (χ4n) is 3.27. The van der Waals surface area contributed by atoms with E-state index in [1.165, 1.54) is 13.0 Å². The molecular weight excluding hydrogens is 380 g/mol. The van der Waals surface area contributed by atoms with Gasteiger partial charge in [-0.05, 0) is 43.7 Å². The van der Waals surface area contributed by atoms with Crippen molar-refractivity contribution in [3.8, 4) is 11.5 Å². The maximum atomic E-state index is 13.7. The number of hydrogen-bond donors (Lipinski definition) is 1. The Morgan fingerprint density at radius 1 is 1.10 bits per heavy atom. The van der Waals surface area contributed by atoms with Gasteiger partial charge in [-0.25, -0.2) is 18.6 Å². The van der Waals surface area contributed by atoms with Gasteiger partial charge < -0.3 is 9.73 Å². The van der Waals surface area contributed by atoms with Crippen molar-refractivity contribution in [1.82, 2.24) is 15.2 Å². The van der Waals surface area contributed by atoms with Gasteiger partial charge in [-0.2, -0.15) is 0 Å². The Hall–Kier alpha value is -3.55. The average molecular weight is 397 g/mol. The Kier molecular flexibility index (Phi) is 4.41. The van der Waals surface area contributed by atoms with Gasteiger partial charge in [0.25, 0.3) is 5.91 Å². The minimum atomic E-state index is -1.51. The summed E-state index contributed by atoms with van der Waals surface area (Å²) < 4.78 is 32.6. The first-order valence-corrected chi connectivity index (χ1v) is 8.91. The number of rotatable bonds is 4. The molecule has 29 heavy (non-hydrogen) atoms. The zero-order chi connectivity index (χ0) is 20.8. The summed E-state index contributed by atoms with van der Waals surface area (Å²) >= 11 is 0. The second kappa shape index (κ2) is 6.80. The molecule has 1 unspecified atom stereocenters. The van der Waals surface area contributed by atoms with E-state index in [0.29, 0.717) is 17.3 Å². The summed E-state index contributed by atoms with van der Waals surface area (Å²) in [4.78, 5) is 30.9. The fraction of sp³-hybridized carbons (Fsp3) is 0.190. The second-order valence-electron chi connectivity index (χ2n) is 6.96. The van der Waals surface area contributed by atoms with Crippen molar-refractivity contribution in [2.24, 2.45) is 0 Å². The number of aryl methyl sites for hydroxylation is 1. The molecule has 0 spiro atoms. The lowest BCUT2D eigenvalue weighted by Gasteiger charge is -2.22. The molecule has 8 heteroatoms. The summed E-state index contributed by atoms with van der Waals surface area (Å²) in [5.41, 5.74) is -0.155. The first kappa shape index (κ1) is 18.8. The molecule has 1 fully saturated rings. The summed E-state index contributed by atoms with van der Waals surface area (Å²) in [5, 5.41) is 2.56. The molecule has 1 aromatic heterocycles. The highest BCUT2D eigenvalue weighted by molar-refractivity contribution is 6.07. The van der Waals surface area contributed by atoms with Crippen LogP contribution in [-0.2, 0) is 16.9 Å². The van der Waals surface area contributed by atoms with Gasteiger partial charge in [-0.15, -0.1) is 0 Å². The average Bonchev–Trinajstić information content (AvgIpc) is 3.18. The van der Waals surface area contributed by atoms with E-state index in [2.05, 4.69) is 10.3 Å². The SMILES string of the molecule is Cc1oc(-c2ccccc2)nc1CN1C(=O)NC(C)(c2ccc(F)c(F)c2)C1=O. The number of nitrogens with one attached hydrogen (secondary N) is 1. The molecular formula is C21H17F2N3O3. The van der Waals surface area contributed by atoms with Crippen LogP contribution in [0.3, 0.4) is 0 Å². The van der Waals surface area contributed by atoms with Crippen LogP contribution in [0.25, 0.3) is 11.5 Å². The standard InChI is InChI=1S/C21H17F2N3O3/c1-12-17(24-18(29-12)13-6-4-3-5-7-13)11-26-19(27)21(2,25-20(26)28)14-8-9-15(22)16(23)10-14/h3-10H,11H2,1-2H3,(H,25,28). The number of benzene rings is 2. The number of imide groups is 1. The highest BCUT2D eigenvalue weighted by Crippen LogP contribution is 2.31. The van der Waals surface area contributed by atoms with Crippen molar-refractivity contribution in [2.45, 2.75) is 25.9 Å². The molecule has 1 N–H and O–H groups in total. The number of oxazole rings is 1. The molecule has 1 aliphatic rings. The summed E-state index contributed by atoms with van der Waals surface area (Å²) in [6.07, 6.45) is 0. The number of carbonyl (C=O) groups is 2. The lowest BCUT2D eigenvalue weighted by molar-refractivity contribution is -0.131. The van der Waals surface area contributed by atoms with Crippen LogP contribution in [0.1, 0.15) is 23.9 Å². The highest BCUT2D eigenvalue weighted by atomic mass is 19.2. The number of hydrogen-bond acceptors (Lipinski definition) is 4. The van der Waals surface area contributed by atoms with Gasteiger partial charge in [-0.1, -0.05) is 24.3 Å². The maximum Gasteiger partial charge on any atom is 0.325 e. The Bertz CT molecular complexity index is 1110. The summed E-state index contributed by atoms with van der Waals surface area (Å²) in [6, 6.07) is 11.7. The van der Waals surface area contributed by atoms with Crippen LogP contribution >= 0.6 is 0 Å². The van der Waals surface area contributed by atoms with Gasteiger partial charge in [0.15, 0.2) is 11.6 Å². The number of aromatic nitrogens is 1. The molecule has 2 heterocycles. The predicted molar refractivity (Wildman–Crippen MR) is 99.5 cm³/mol. The molecule has 3 aromatic rings. The second-order valence-corrected chi connectivity index (χ2v) is 6.96. The summed E-state index contributed by atoms with van der Waals surface area (Å²) in [6.45, 7) is 3.04. The summed E-state index contributed by atoms with van der Waals surface area (Å²) in [7, 11) is 0. The molecule has 6 nitrogen and oxygen atoms in total. The number of nitrogens with zero attached hydrogens (tertiary/aromatic N) is 2. The zero-order valence-corrected chi connectivity index (χ0v) is 15.7. The molecule has 148 valence electrons. The van der Waals surface area contributed by atoms with Gasteiger partial charge in [0.1, 0.15) is 17.0 Å². The first-order chi connectivity index (χ1) is 13.8. The molecule has 0 radical (unpaired) electrons. The molecule has 1 aliphatic heterocycles. The van der Waals surface area contributed by atoms with E-state index in [0.717, 1.165) is 22.6 Å². The molecule has 4 rings (SSSR count). The number of urea groups is 1. The Balaban J connectivity index is 1.62. The minimum Gasteiger partial charge on any atom is -0.441 e. The van der Waals surface area contributed by atoms with Crippen LogP contribution in [0.5, 0.6) is 0 Å². The number of amides is 3. The van der Waals surface area contributed by atoms with Crippen LogP contribution in [0.2, 0.25) is 0 Å². The van der Waals surface area contributed by atoms with Crippen LogP contribution in [0.4, 0.5) is 13.6 Å². The predicted octanol–water partition coefficient (Wildman–Crippen LogP) is 3.90. The Morgan fingerprint density at radius 3 is 2.52 bits per heavy atom. The summed E-state index contributed by atoms with van der Waals surface area (Å²) in [5.74, 6) is -1.85. The molecule has 1 atom stereocenters. The van der Waals surface area contributed by atoms with Crippen LogP contribution in [0, 0.1) is 18.6 Å². The quantitative estimate of drug-likeness (QED) is 0.678. The maximum absolute atomic E-state index is 13.7. The van der Waals surface area contributed by atoms with Crippen molar-refractivity contribution in [1.29, 1.82) is 0 Å². The van der Waals surface area contributed by atoms with Crippen LogP contribution < -0.4 is 5.32 Å². The van der Waals surface area contributed by atoms with Crippen LogP contribution in [0.15, 0.2) is 52.9 Å². The van der Waals surface area contributed by atoms with E-state index in [1.807, 2.05) is 30.3 Å². The minimum absolute atomic E-state index is 0.105. The Labute approximate surface area is 165 Å². The molecule has 0 aliphatic carbocycles.